The molecule has 5 N–H and O–H groups in total. The molecule has 1 fully saturated rings. The molecule has 0 bridgehead atoms. The summed E-state index contributed by atoms with van der Waals surface area (Å²) in [6, 6.07) is -2.13. The molecule has 0 aromatic rings. The molecule has 0 aromatic heterocycles. The SMILES string of the molecule is BNCCCCC(NC(=O)C(C)CC(C)C)C(=O)N1CCCC1C(=O)NC(C)C(N)=O. The van der Waals surface area contributed by atoms with Gasteiger partial charge in [0.15, 0.2) is 7.98 Å². The summed E-state index contributed by atoms with van der Waals surface area (Å²) in [6.07, 6.45) is 4.14. The Labute approximate surface area is 187 Å². The minimum absolute atomic E-state index is 0.136. The number of amides is 4. The Morgan fingerprint density at radius 3 is 2.35 bits per heavy atom. The van der Waals surface area contributed by atoms with Crippen molar-refractivity contribution < 1.29 is 19.2 Å². The first-order chi connectivity index (χ1) is 14.6. The summed E-state index contributed by atoms with van der Waals surface area (Å²) in [4.78, 5) is 51.5. The number of hydrogen-bond donors (Lipinski definition) is 4. The van der Waals surface area contributed by atoms with Gasteiger partial charge in [-0.05, 0) is 57.9 Å². The van der Waals surface area contributed by atoms with Crippen LogP contribution in [0, 0.1) is 11.8 Å². The Hall–Kier alpha value is -2.10. The highest BCUT2D eigenvalue weighted by Gasteiger charge is 2.38. The molecule has 1 rings (SSSR count). The van der Waals surface area contributed by atoms with Crippen LogP contribution in [-0.2, 0) is 19.2 Å². The van der Waals surface area contributed by atoms with Crippen molar-refractivity contribution >= 4 is 31.6 Å². The van der Waals surface area contributed by atoms with Crippen molar-refractivity contribution in [1.29, 1.82) is 0 Å². The van der Waals surface area contributed by atoms with Gasteiger partial charge in [0.2, 0.25) is 23.6 Å². The van der Waals surface area contributed by atoms with E-state index in [1.807, 2.05) is 14.9 Å². The molecule has 1 aliphatic rings. The minimum Gasteiger partial charge on any atom is -0.368 e. The van der Waals surface area contributed by atoms with Gasteiger partial charge in [0.25, 0.3) is 0 Å². The number of carbonyl (C=O) groups excluding carboxylic acids is 4. The molecule has 0 aromatic carbocycles. The van der Waals surface area contributed by atoms with Gasteiger partial charge in [0.05, 0.1) is 0 Å². The van der Waals surface area contributed by atoms with Crippen molar-refractivity contribution in [3.05, 3.63) is 0 Å². The zero-order valence-electron chi connectivity index (χ0n) is 19.7. The van der Waals surface area contributed by atoms with Crippen LogP contribution >= 0.6 is 0 Å². The van der Waals surface area contributed by atoms with E-state index in [4.69, 9.17) is 5.73 Å². The van der Waals surface area contributed by atoms with Crippen LogP contribution in [0.4, 0.5) is 0 Å². The largest absolute Gasteiger partial charge is 0.368 e. The lowest BCUT2D eigenvalue weighted by Gasteiger charge is -2.30. The summed E-state index contributed by atoms with van der Waals surface area (Å²) < 4.78 is 0. The number of hydrogen-bond acceptors (Lipinski definition) is 5. The van der Waals surface area contributed by atoms with E-state index in [1.165, 1.54) is 6.92 Å². The van der Waals surface area contributed by atoms with Crippen LogP contribution in [0.15, 0.2) is 0 Å². The second kappa shape index (κ2) is 13.3. The van der Waals surface area contributed by atoms with Gasteiger partial charge in [0, 0.05) is 12.5 Å². The number of primary amides is 1. The Morgan fingerprint density at radius 2 is 1.77 bits per heavy atom. The summed E-state index contributed by atoms with van der Waals surface area (Å²) in [6.45, 7) is 8.79. The van der Waals surface area contributed by atoms with Crippen LogP contribution in [0.3, 0.4) is 0 Å². The first-order valence-corrected chi connectivity index (χ1v) is 11.4. The minimum atomic E-state index is -0.807. The van der Waals surface area contributed by atoms with E-state index in [-0.39, 0.29) is 23.6 Å². The molecule has 0 aliphatic carbocycles. The van der Waals surface area contributed by atoms with Gasteiger partial charge in [-0.1, -0.05) is 20.8 Å². The molecule has 0 spiro atoms. The maximum Gasteiger partial charge on any atom is 0.245 e. The van der Waals surface area contributed by atoms with Crippen LogP contribution in [0.1, 0.15) is 66.2 Å². The molecular formula is C21H40BN5O4. The Bertz CT molecular complexity index is 631. The van der Waals surface area contributed by atoms with E-state index >= 15 is 0 Å². The third kappa shape index (κ3) is 8.89. The second-order valence-corrected chi connectivity index (χ2v) is 9.01. The third-order valence-electron chi connectivity index (χ3n) is 5.68. The molecule has 1 aliphatic heterocycles. The predicted octanol–water partition coefficient (Wildman–Crippen LogP) is -0.558. The van der Waals surface area contributed by atoms with Crippen LogP contribution in [0.25, 0.3) is 0 Å². The standard InChI is InChI=1S/C21H40BN5O4/c1-13(2)12-14(3)19(29)26-16(8-5-6-10-24-22)21(31)27-11-7-9-17(27)20(30)25-15(4)18(23)28/h13-17,24H,5-12,22H2,1-4H3,(H2,23,28)(H,25,30)(H,26,29). The van der Waals surface area contributed by atoms with Gasteiger partial charge in [0.1, 0.15) is 18.1 Å². The molecule has 176 valence electrons. The van der Waals surface area contributed by atoms with Gasteiger partial charge in [-0.25, -0.2) is 0 Å². The Morgan fingerprint density at radius 1 is 1.10 bits per heavy atom. The van der Waals surface area contributed by atoms with E-state index in [0.717, 1.165) is 25.8 Å². The van der Waals surface area contributed by atoms with Crippen LogP contribution in [0.5, 0.6) is 0 Å². The van der Waals surface area contributed by atoms with Crippen LogP contribution in [0.2, 0.25) is 0 Å². The van der Waals surface area contributed by atoms with E-state index in [1.54, 1.807) is 4.90 Å². The van der Waals surface area contributed by atoms with Crippen molar-refractivity contribution in [2.45, 2.75) is 84.3 Å². The number of nitrogens with two attached hydrogens (primary N) is 1. The average Bonchev–Trinajstić information content (AvgIpc) is 3.18. The van der Waals surface area contributed by atoms with Gasteiger partial charge < -0.3 is 26.5 Å². The smallest absolute Gasteiger partial charge is 0.245 e. The van der Waals surface area contributed by atoms with Crippen molar-refractivity contribution in [3.63, 3.8) is 0 Å². The fourth-order valence-electron chi connectivity index (χ4n) is 3.92. The molecular weight excluding hydrogens is 397 g/mol. The quantitative estimate of drug-likeness (QED) is 0.227. The number of unbranched alkanes of at least 4 members (excludes halogenated alkanes) is 1. The first-order valence-electron chi connectivity index (χ1n) is 11.4. The number of nitrogens with one attached hydrogen (secondary N) is 3. The molecule has 10 heteroatoms. The van der Waals surface area contributed by atoms with E-state index in [9.17, 15) is 19.2 Å². The van der Waals surface area contributed by atoms with Crippen LogP contribution in [-0.4, -0.2) is 67.7 Å². The molecule has 4 atom stereocenters. The van der Waals surface area contributed by atoms with Crippen molar-refractivity contribution in [2.75, 3.05) is 13.1 Å². The van der Waals surface area contributed by atoms with Gasteiger partial charge in [-0.3, -0.25) is 19.2 Å². The molecule has 0 radical (unpaired) electrons. The summed E-state index contributed by atoms with van der Waals surface area (Å²) >= 11 is 0. The molecule has 1 saturated heterocycles. The topological polar surface area (TPSA) is 134 Å². The van der Waals surface area contributed by atoms with E-state index < -0.39 is 24.0 Å². The molecule has 1 heterocycles. The second-order valence-electron chi connectivity index (χ2n) is 9.01. The number of rotatable bonds is 13. The molecule has 0 saturated carbocycles. The fourth-order valence-corrected chi connectivity index (χ4v) is 3.92. The molecule has 31 heavy (non-hydrogen) atoms. The van der Waals surface area contributed by atoms with Gasteiger partial charge in [-0.15, -0.1) is 0 Å². The zero-order valence-corrected chi connectivity index (χ0v) is 19.7. The number of nitrogens with zero attached hydrogens (tertiary/aromatic N) is 1. The normalized spacial score (nSPS) is 19.0. The highest BCUT2D eigenvalue weighted by molar-refractivity contribution is 6.04. The van der Waals surface area contributed by atoms with Gasteiger partial charge >= 0.3 is 0 Å². The summed E-state index contributed by atoms with van der Waals surface area (Å²) in [5.41, 5.74) is 5.24. The summed E-state index contributed by atoms with van der Waals surface area (Å²) in [7, 11) is 1.87. The van der Waals surface area contributed by atoms with E-state index in [0.29, 0.717) is 31.7 Å². The lowest BCUT2D eigenvalue weighted by molar-refractivity contribution is -0.142. The van der Waals surface area contributed by atoms with E-state index in [2.05, 4.69) is 29.7 Å². The van der Waals surface area contributed by atoms with Gasteiger partial charge in [-0.2, -0.15) is 0 Å². The fraction of sp³-hybridized carbons (Fsp3) is 0.810. The predicted molar refractivity (Wildman–Crippen MR) is 122 cm³/mol. The van der Waals surface area contributed by atoms with Crippen molar-refractivity contribution in [1.82, 2.24) is 20.8 Å². The lowest BCUT2D eigenvalue weighted by atomic mass is 9.97. The summed E-state index contributed by atoms with van der Waals surface area (Å²) in [5, 5.41) is 8.60. The van der Waals surface area contributed by atoms with Crippen molar-refractivity contribution in [3.8, 4) is 0 Å². The molecule has 4 amide bonds. The molecule has 4 unspecified atom stereocenters. The number of carbonyl (C=O) groups is 4. The Balaban J connectivity index is 2.88. The highest BCUT2D eigenvalue weighted by Crippen LogP contribution is 2.21. The monoisotopic (exact) mass is 437 g/mol. The zero-order chi connectivity index (χ0) is 23.6. The third-order valence-corrected chi connectivity index (χ3v) is 5.68. The Kier molecular flexibility index (Phi) is 11.6. The summed E-state index contributed by atoms with van der Waals surface area (Å²) in [5.74, 6) is -1.20. The lowest BCUT2D eigenvalue weighted by Crippen LogP contribution is -2.55. The highest BCUT2D eigenvalue weighted by atomic mass is 16.2. The number of likely N-dealkylation sites (tertiary alicyclic amines) is 1. The maximum atomic E-state index is 13.3. The maximum absolute atomic E-state index is 13.3. The van der Waals surface area contributed by atoms with Crippen LogP contribution < -0.4 is 21.6 Å². The van der Waals surface area contributed by atoms with Crippen molar-refractivity contribution in [2.24, 2.45) is 17.6 Å². The first kappa shape index (κ1) is 26.9. The average molecular weight is 437 g/mol. The molecule has 9 nitrogen and oxygen atoms in total.